The lowest BCUT2D eigenvalue weighted by Gasteiger charge is -2.27. The Morgan fingerprint density at radius 2 is 2.12 bits per heavy atom. The predicted octanol–water partition coefficient (Wildman–Crippen LogP) is 1.20. The molecule has 0 amide bonds. The Kier molecular flexibility index (Phi) is 4.50. The largest absolute Gasteiger partial charge is 0.374 e. The second-order valence-corrected chi connectivity index (χ2v) is 4.39. The highest BCUT2D eigenvalue weighted by atomic mass is 16.6. The Morgan fingerprint density at radius 3 is 2.76 bits per heavy atom. The van der Waals surface area contributed by atoms with Crippen LogP contribution in [0.5, 0.6) is 0 Å². The topological polar surface area (TPSA) is 64.7 Å². The minimum absolute atomic E-state index is 0.0492. The van der Waals surface area contributed by atoms with Crippen LogP contribution in [0.3, 0.4) is 0 Å². The summed E-state index contributed by atoms with van der Waals surface area (Å²) in [6, 6.07) is 9.47. The van der Waals surface area contributed by atoms with Crippen molar-refractivity contribution in [3.63, 3.8) is 0 Å². The third kappa shape index (κ3) is 3.78. The summed E-state index contributed by atoms with van der Waals surface area (Å²) in [5, 5.41) is 9.80. The minimum atomic E-state index is -0.879. The maximum Gasteiger partial charge on any atom is 0.181 e. The average molecular weight is 237 g/mol. The summed E-state index contributed by atoms with van der Waals surface area (Å²) >= 11 is 0. The minimum Gasteiger partial charge on any atom is -0.374 e. The number of nitrogens with two attached hydrogens (primary N) is 1. The van der Waals surface area contributed by atoms with Gasteiger partial charge in [0.25, 0.3) is 0 Å². The first kappa shape index (κ1) is 12.5. The van der Waals surface area contributed by atoms with E-state index in [2.05, 4.69) is 0 Å². The molecule has 1 heterocycles. The van der Waals surface area contributed by atoms with Crippen molar-refractivity contribution in [2.24, 2.45) is 5.73 Å². The van der Waals surface area contributed by atoms with Gasteiger partial charge in [-0.15, -0.1) is 0 Å². The lowest BCUT2D eigenvalue weighted by molar-refractivity contribution is -0.142. The van der Waals surface area contributed by atoms with Crippen LogP contribution >= 0.6 is 0 Å². The zero-order valence-electron chi connectivity index (χ0n) is 9.79. The summed E-state index contributed by atoms with van der Waals surface area (Å²) in [4.78, 5) is 0. The van der Waals surface area contributed by atoms with Crippen molar-refractivity contribution >= 4 is 0 Å². The Labute approximate surface area is 101 Å². The molecular formula is C13H19NO3. The summed E-state index contributed by atoms with van der Waals surface area (Å²) in [5.74, 6) is 0. The number of rotatable bonds is 4. The molecule has 1 saturated heterocycles. The fourth-order valence-electron chi connectivity index (χ4n) is 1.87. The SMILES string of the molecule is N[C@H]1CC[C@@H](COC(O)c2ccccc2)OC1. The molecule has 1 aliphatic rings. The average Bonchev–Trinajstić information content (AvgIpc) is 2.39. The van der Waals surface area contributed by atoms with Crippen molar-refractivity contribution in [2.75, 3.05) is 13.2 Å². The number of hydrogen-bond acceptors (Lipinski definition) is 4. The zero-order chi connectivity index (χ0) is 12.1. The maximum atomic E-state index is 9.80. The van der Waals surface area contributed by atoms with E-state index in [1.54, 1.807) is 0 Å². The van der Waals surface area contributed by atoms with Crippen molar-refractivity contribution in [3.05, 3.63) is 35.9 Å². The van der Waals surface area contributed by atoms with Crippen molar-refractivity contribution in [1.82, 2.24) is 0 Å². The lowest BCUT2D eigenvalue weighted by atomic mass is 10.1. The molecule has 17 heavy (non-hydrogen) atoms. The molecule has 0 saturated carbocycles. The highest BCUT2D eigenvalue weighted by Crippen LogP contribution is 2.17. The van der Waals surface area contributed by atoms with Crippen LogP contribution in [0.1, 0.15) is 24.7 Å². The molecule has 1 aliphatic heterocycles. The maximum absolute atomic E-state index is 9.80. The molecule has 94 valence electrons. The summed E-state index contributed by atoms with van der Waals surface area (Å²) in [6.45, 7) is 0.984. The quantitative estimate of drug-likeness (QED) is 0.772. The van der Waals surface area contributed by atoms with Gasteiger partial charge < -0.3 is 20.3 Å². The highest BCUT2D eigenvalue weighted by molar-refractivity contribution is 5.15. The van der Waals surface area contributed by atoms with Crippen molar-refractivity contribution in [1.29, 1.82) is 0 Å². The van der Waals surface area contributed by atoms with E-state index in [1.807, 2.05) is 30.3 Å². The van der Waals surface area contributed by atoms with Crippen LogP contribution < -0.4 is 5.73 Å². The van der Waals surface area contributed by atoms with Crippen LogP contribution in [0.4, 0.5) is 0 Å². The highest BCUT2D eigenvalue weighted by Gasteiger charge is 2.20. The first-order valence-electron chi connectivity index (χ1n) is 5.97. The summed E-state index contributed by atoms with van der Waals surface area (Å²) in [6.07, 6.45) is 1.02. The third-order valence-electron chi connectivity index (χ3n) is 2.93. The van der Waals surface area contributed by atoms with Gasteiger partial charge in [-0.05, 0) is 12.8 Å². The Bertz CT molecular complexity index is 323. The van der Waals surface area contributed by atoms with E-state index in [-0.39, 0.29) is 12.1 Å². The molecule has 4 heteroatoms. The molecule has 0 aliphatic carbocycles. The molecular weight excluding hydrogens is 218 g/mol. The smallest absolute Gasteiger partial charge is 0.181 e. The number of benzene rings is 1. The number of hydrogen-bond donors (Lipinski definition) is 2. The standard InChI is InChI=1S/C13H19NO3/c14-11-6-7-12(16-8-11)9-17-13(15)10-4-2-1-3-5-10/h1-5,11-13,15H,6-9,14H2/t11-,12-,13?/m0/s1. The molecule has 4 nitrogen and oxygen atoms in total. The predicted molar refractivity (Wildman–Crippen MR) is 64.3 cm³/mol. The van der Waals surface area contributed by atoms with Gasteiger partial charge in [0, 0.05) is 11.6 Å². The van der Waals surface area contributed by atoms with Crippen LogP contribution in [0.15, 0.2) is 30.3 Å². The van der Waals surface area contributed by atoms with E-state index in [9.17, 15) is 5.11 Å². The summed E-state index contributed by atoms with van der Waals surface area (Å²) in [7, 11) is 0. The van der Waals surface area contributed by atoms with E-state index in [0.717, 1.165) is 18.4 Å². The normalized spacial score (nSPS) is 26.7. The third-order valence-corrected chi connectivity index (χ3v) is 2.93. The van der Waals surface area contributed by atoms with Crippen molar-refractivity contribution in [2.45, 2.75) is 31.3 Å². The Morgan fingerprint density at radius 1 is 1.35 bits per heavy atom. The van der Waals surface area contributed by atoms with Gasteiger partial charge in [0.2, 0.25) is 0 Å². The second-order valence-electron chi connectivity index (χ2n) is 4.39. The number of aliphatic hydroxyl groups excluding tert-OH is 1. The van der Waals surface area contributed by atoms with E-state index in [4.69, 9.17) is 15.2 Å². The monoisotopic (exact) mass is 237 g/mol. The van der Waals surface area contributed by atoms with E-state index in [0.29, 0.717) is 13.2 Å². The van der Waals surface area contributed by atoms with E-state index >= 15 is 0 Å². The van der Waals surface area contributed by atoms with Crippen LogP contribution in [0.2, 0.25) is 0 Å². The molecule has 3 N–H and O–H groups in total. The van der Waals surface area contributed by atoms with Gasteiger partial charge in [-0.2, -0.15) is 0 Å². The molecule has 2 rings (SSSR count). The van der Waals surface area contributed by atoms with Crippen LogP contribution in [0, 0.1) is 0 Å². The molecule has 0 bridgehead atoms. The van der Waals surface area contributed by atoms with Gasteiger partial charge in [0.05, 0.1) is 19.3 Å². The van der Waals surface area contributed by atoms with Gasteiger partial charge in [-0.1, -0.05) is 30.3 Å². The fraction of sp³-hybridized carbons (Fsp3) is 0.538. The van der Waals surface area contributed by atoms with Crippen molar-refractivity contribution < 1.29 is 14.6 Å². The van der Waals surface area contributed by atoms with Gasteiger partial charge >= 0.3 is 0 Å². The van der Waals surface area contributed by atoms with Gasteiger partial charge in [-0.3, -0.25) is 0 Å². The van der Waals surface area contributed by atoms with Gasteiger partial charge in [-0.25, -0.2) is 0 Å². The number of ether oxygens (including phenoxy) is 2. The van der Waals surface area contributed by atoms with Crippen LogP contribution in [0.25, 0.3) is 0 Å². The molecule has 1 fully saturated rings. The van der Waals surface area contributed by atoms with Crippen molar-refractivity contribution in [3.8, 4) is 0 Å². The molecule has 1 aromatic carbocycles. The number of aliphatic hydroxyl groups is 1. The zero-order valence-corrected chi connectivity index (χ0v) is 9.79. The molecule has 1 aromatic rings. The van der Waals surface area contributed by atoms with Gasteiger partial charge in [0.1, 0.15) is 0 Å². The van der Waals surface area contributed by atoms with Crippen LogP contribution in [-0.2, 0) is 9.47 Å². The first-order chi connectivity index (χ1) is 8.25. The first-order valence-corrected chi connectivity index (χ1v) is 5.97. The Hall–Kier alpha value is -0.940. The molecule has 1 unspecified atom stereocenters. The van der Waals surface area contributed by atoms with Gasteiger partial charge in [0.15, 0.2) is 6.29 Å². The van der Waals surface area contributed by atoms with E-state index < -0.39 is 6.29 Å². The molecule has 0 radical (unpaired) electrons. The summed E-state index contributed by atoms with van der Waals surface area (Å²) in [5.41, 5.74) is 6.49. The molecule has 0 spiro atoms. The fourth-order valence-corrected chi connectivity index (χ4v) is 1.87. The summed E-state index contributed by atoms with van der Waals surface area (Å²) < 4.78 is 10.9. The van der Waals surface area contributed by atoms with Crippen LogP contribution in [-0.4, -0.2) is 30.5 Å². The molecule has 0 aromatic heterocycles. The second kappa shape index (κ2) is 6.12. The lowest BCUT2D eigenvalue weighted by Crippen LogP contribution is -2.37. The Balaban J connectivity index is 1.75. The molecule has 3 atom stereocenters. The van der Waals surface area contributed by atoms with E-state index in [1.165, 1.54) is 0 Å².